The Balaban J connectivity index is 1.93. The monoisotopic (exact) mass is 390 g/mol. The van der Waals surface area contributed by atoms with Crippen LogP contribution in [0.4, 0.5) is 8.78 Å². The predicted octanol–water partition coefficient (Wildman–Crippen LogP) is 4.31. The summed E-state index contributed by atoms with van der Waals surface area (Å²) in [6.45, 7) is 3.65. The molecule has 0 saturated heterocycles. The number of rotatable bonds is 5. The van der Waals surface area contributed by atoms with Crippen molar-refractivity contribution in [3.63, 3.8) is 0 Å². The van der Waals surface area contributed by atoms with Crippen molar-refractivity contribution >= 4 is 26.3 Å². The normalized spacial score (nSPS) is 13.1. The van der Waals surface area contributed by atoms with E-state index in [1.54, 1.807) is 18.2 Å². The van der Waals surface area contributed by atoms with Crippen LogP contribution < -0.4 is 0 Å². The van der Waals surface area contributed by atoms with Crippen molar-refractivity contribution < 1.29 is 27.1 Å². The second kappa shape index (κ2) is 7.08. The zero-order chi connectivity index (χ0) is 19.8. The summed E-state index contributed by atoms with van der Waals surface area (Å²) >= 11 is 0. The maximum atomic E-state index is 12.8. The Hall–Kier alpha value is -2.80. The number of fused-ring (bicyclic) bond motifs is 1. The Bertz CT molecular complexity index is 1060. The molecule has 0 spiro atoms. The average molecular weight is 390 g/mol. The second-order valence-corrected chi connectivity index (χ2v) is 8.20. The number of carbonyl (C=O) groups is 1. The van der Waals surface area contributed by atoms with E-state index in [1.807, 2.05) is 0 Å². The molecule has 1 aliphatic rings. The fraction of sp³-hybridized carbons (Fsp3) is 0.150. The van der Waals surface area contributed by atoms with Gasteiger partial charge in [-0.05, 0) is 53.6 Å². The molecule has 0 bridgehead atoms. The highest BCUT2D eigenvalue weighted by molar-refractivity contribution is 8.00. The first-order valence-electron chi connectivity index (χ1n) is 8.17. The molecule has 2 aromatic rings. The van der Waals surface area contributed by atoms with Crippen molar-refractivity contribution in [1.29, 1.82) is 0 Å². The van der Waals surface area contributed by atoms with Gasteiger partial charge in [-0.25, -0.2) is 13.2 Å². The largest absolute Gasteiger partial charge is 0.477 e. The van der Waals surface area contributed by atoms with Gasteiger partial charge in [-0.15, -0.1) is 0 Å². The van der Waals surface area contributed by atoms with Crippen molar-refractivity contribution in [1.82, 2.24) is 0 Å². The Labute approximate surface area is 155 Å². The number of benzene rings is 2. The Morgan fingerprint density at radius 3 is 2.15 bits per heavy atom. The molecule has 0 aliphatic heterocycles. The molecule has 1 N–H and O–H groups in total. The van der Waals surface area contributed by atoms with Crippen LogP contribution in [0.25, 0.3) is 10.5 Å². The molecule has 0 fully saturated rings. The van der Waals surface area contributed by atoms with Gasteiger partial charge in [0.2, 0.25) is 9.84 Å². The van der Waals surface area contributed by atoms with Gasteiger partial charge in [-0.2, -0.15) is 8.78 Å². The van der Waals surface area contributed by atoms with E-state index in [4.69, 9.17) is 5.11 Å². The molecule has 1 aliphatic carbocycles. The number of carboxylic acids is 1. The van der Waals surface area contributed by atoms with Crippen molar-refractivity contribution in [2.45, 2.75) is 24.2 Å². The lowest BCUT2D eigenvalue weighted by Gasteiger charge is -2.11. The van der Waals surface area contributed by atoms with E-state index in [0.29, 0.717) is 0 Å². The van der Waals surface area contributed by atoms with Gasteiger partial charge >= 0.3 is 5.97 Å². The molecule has 0 saturated carbocycles. The summed E-state index contributed by atoms with van der Waals surface area (Å²) in [5.41, 5.74) is 1.03. The maximum absolute atomic E-state index is 12.8. The molecular formula is C20H16F2O4S. The molecule has 0 radical (unpaired) electrons. The molecule has 0 heterocycles. The number of aliphatic carboxylic acids is 1. The third-order valence-electron chi connectivity index (χ3n) is 4.60. The van der Waals surface area contributed by atoms with Gasteiger partial charge in [0, 0.05) is 0 Å². The minimum Gasteiger partial charge on any atom is -0.477 e. The van der Waals surface area contributed by atoms with Gasteiger partial charge in [0.25, 0.3) is 6.08 Å². The number of aryl methyl sites for hydroxylation is 2. The van der Waals surface area contributed by atoms with Crippen LogP contribution in [-0.4, -0.2) is 19.5 Å². The lowest BCUT2D eigenvalue weighted by molar-refractivity contribution is -0.130. The molecule has 4 nitrogen and oxygen atoms in total. The summed E-state index contributed by atoms with van der Waals surface area (Å²) < 4.78 is 51.3. The van der Waals surface area contributed by atoms with Crippen LogP contribution >= 0.6 is 0 Å². The minimum absolute atomic E-state index is 0.137. The van der Waals surface area contributed by atoms with Gasteiger partial charge in [0.15, 0.2) is 0 Å². The molecule has 3 rings (SSSR count). The third kappa shape index (κ3) is 3.55. The zero-order valence-electron chi connectivity index (χ0n) is 14.2. The molecule has 2 aromatic carbocycles. The van der Waals surface area contributed by atoms with Crippen molar-refractivity contribution in [3.8, 4) is 0 Å². The van der Waals surface area contributed by atoms with Crippen molar-refractivity contribution in [2.24, 2.45) is 0 Å². The van der Waals surface area contributed by atoms with Crippen LogP contribution in [0.5, 0.6) is 0 Å². The zero-order valence-corrected chi connectivity index (χ0v) is 15.0. The molecule has 0 amide bonds. The number of hydrogen-bond donors (Lipinski definition) is 1. The van der Waals surface area contributed by atoms with E-state index in [2.05, 4.69) is 6.58 Å². The van der Waals surface area contributed by atoms with E-state index < -0.39 is 27.5 Å². The number of sulfone groups is 1. The first-order chi connectivity index (χ1) is 12.7. The van der Waals surface area contributed by atoms with Crippen LogP contribution in [-0.2, 0) is 27.5 Å². The quantitative estimate of drug-likeness (QED) is 0.772. The molecular weight excluding hydrogens is 374 g/mol. The van der Waals surface area contributed by atoms with E-state index in [0.717, 1.165) is 42.5 Å². The van der Waals surface area contributed by atoms with Crippen LogP contribution in [0, 0.1) is 0 Å². The van der Waals surface area contributed by atoms with Crippen LogP contribution in [0.1, 0.15) is 28.7 Å². The maximum Gasteiger partial charge on any atom is 0.341 e. The number of hydrogen-bond acceptors (Lipinski definition) is 3. The fourth-order valence-corrected chi connectivity index (χ4v) is 4.42. The van der Waals surface area contributed by atoms with Crippen molar-refractivity contribution in [3.05, 3.63) is 77.4 Å². The van der Waals surface area contributed by atoms with Crippen LogP contribution in [0.2, 0.25) is 0 Å². The highest BCUT2D eigenvalue weighted by Gasteiger charge is 2.23. The summed E-state index contributed by atoms with van der Waals surface area (Å²) in [4.78, 5) is 10.9. The molecule has 0 aromatic heterocycles. The Morgan fingerprint density at radius 1 is 0.963 bits per heavy atom. The van der Waals surface area contributed by atoms with E-state index in [-0.39, 0.29) is 20.9 Å². The van der Waals surface area contributed by atoms with E-state index >= 15 is 0 Å². The average Bonchev–Trinajstić information content (AvgIpc) is 3.09. The number of carboxylic acid groups (broad SMARTS) is 1. The minimum atomic E-state index is -3.85. The SMILES string of the molecule is C=C(c1ccc(C(C(=O)O)=C(F)F)cc1)S(=O)(=O)c1ccc2c(c1)CCC2. The summed E-state index contributed by atoms with van der Waals surface area (Å²) in [5.74, 6) is -1.76. The highest BCUT2D eigenvalue weighted by atomic mass is 32.2. The Kier molecular flexibility index (Phi) is 4.97. The highest BCUT2D eigenvalue weighted by Crippen LogP contribution is 2.31. The van der Waals surface area contributed by atoms with E-state index in [9.17, 15) is 22.0 Å². The first kappa shape index (κ1) is 19.0. The second-order valence-electron chi connectivity index (χ2n) is 6.23. The van der Waals surface area contributed by atoms with Gasteiger partial charge < -0.3 is 5.11 Å². The van der Waals surface area contributed by atoms with Gasteiger partial charge in [-0.1, -0.05) is 36.9 Å². The molecule has 7 heteroatoms. The molecule has 0 atom stereocenters. The van der Waals surface area contributed by atoms with Crippen LogP contribution in [0.3, 0.4) is 0 Å². The predicted molar refractivity (Wildman–Crippen MR) is 97.9 cm³/mol. The lowest BCUT2D eigenvalue weighted by Crippen LogP contribution is -2.05. The molecule has 0 unspecified atom stereocenters. The summed E-state index contributed by atoms with van der Waals surface area (Å²) in [6, 6.07) is 9.83. The van der Waals surface area contributed by atoms with E-state index in [1.165, 1.54) is 12.1 Å². The Morgan fingerprint density at radius 2 is 1.56 bits per heavy atom. The number of halogens is 2. The third-order valence-corrected chi connectivity index (χ3v) is 6.36. The summed E-state index contributed by atoms with van der Waals surface area (Å²) in [5, 5.41) is 8.88. The van der Waals surface area contributed by atoms with Gasteiger partial charge in [0.1, 0.15) is 5.57 Å². The summed E-state index contributed by atoms with van der Waals surface area (Å²) in [6.07, 6.45) is 0.438. The topological polar surface area (TPSA) is 71.4 Å². The lowest BCUT2D eigenvalue weighted by atomic mass is 10.1. The molecule has 140 valence electrons. The standard InChI is InChI=1S/C20H16F2O4S/c1-12(13-5-7-15(8-6-13)18(19(21)22)20(23)24)27(25,26)17-10-9-14-3-2-4-16(14)11-17/h5-11H,1-4H2,(H,23,24). The van der Waals surface area contributed by atoms with Crippen molar-refractivity contribution in [2.75, 3.05) is 0 Å². The smallest absolute Gasteiger partial charge is 0.341 e. The first-order valence-corrected chi connectivity index (χ1v) is 9.65. The van der Waals surface area contributed by atoms with Gasteiger partial charge in [-0.3, -0.25) is 0 Å². The summed E-state index contributed by atoms with van der Waals surface area (Å²) in [7, 11) is -3.85. The van der Waals surface area contributed by atoms with Crippen LogP contribution in [0.15, 0.2) is 60.0 Å². The molecule has 27 heavy (non-hydrogen) atoms. The fourth-order valence-electron chi connectivity index (χ4n) is 3.15. The van der Waals surface area contributed by atoms with Gasteiger partial charge in [0.05, 0.1) is 9.80 Å².